The van der Waals surface area contributed by atoms with Gasteiger partial charge in [0.05, 0.1) is 6.10 Å². The fraction of sp³-hybridized carbons (Fsp3) is 0.600. The second kappa shape index (κ2) is 7.46. The number of hydrogen-bond acceptors (Lipinski definition) is 2. The molecule has 0 spiro atoms. The highest BCUT2D eigenvalue weighted by Gasteiger charge is 2.08. The van der Waals surface area contributed by atoms with Crippen LogP contribution in [0.5, 0.6) is 0 Å². The maximum absolute atomic E-state index is 10.0. The lowest BCUT2D eigenvalue weighted by atomic mass is 9.98. The Morgan fingerprint density at radius 1 is 1.29 bits per heavy atom. The first-order valence-electron chi connectivity index (χ1n) is 6.48. The number of hydrogen-bond donors (Lipinski definition) is 1. The molecule has 96 valence electrons. The fourth-order valence-electron chi connectivity index (χ4n) is 1.90. The highest BCUT2D eigenvalue weighted by atomic mass is 16.5. The Bertz CT molecular complexity index is 320. The van der Waals surface area contributed by atoms with Crippen molar-refractivity contribution >= 4 is 0 Å². The fourth-order valence-corrected chi connectivity index (χ4v) is 1.90. The van der Waals surface area contributed by atoms with Crippen LogP contribution in [0.15, 0.2) is 24.3 Å². The highest BCUT2D eigenvalue weighted by Crippen LogP contribution is 2.19. The molecule has 1 unspecified atom stereocenters. The van der Waals surface area contributed by atoms with E-state index in [0.717, 1.165) is 12.0 Å². The Kier molecular flexibility index (Phi) is 6.23. The molecule has 0 aliphatic carbocycles. The zero-order valence-corrected chi connectivity index (χ0v) is 11.1. The molecule has 2 nitrogen and oxygen atoms in total. The van der Waals surface area contributed by atoms with Gasteiger partial charge in [-0.05, 0) is 30.4 Å². The molecule has 1 rings (SSSR count). The predicted octanol–water partition coefficient (Wildman–Crippen LogP) is 3.35. The molecule has 1 atom stereocenters. The third-order valence-electron chi connectivity index (χ3n) is 2.72. The average molecular weight is 236 g/mol. The molecule has 0 heterocycles. The largest absolute Gasteiger partial charge is 0.388 e. The maximum Gasteiger partial charge on any atom is 0.0812 e. The lowest BCUT2D eigenvalue weighted by molar-refractivity contribution is 0.0886. The molecule has 0 saturated carbocycles. The lowest BCUT2D eigenvalue weighted by Gasteiger charge is -2.13. The molecule has 1 aromatic rings. The van der Waals surface area contributed by atoms with E-state index >= 15 is 0 Å². The van der Waals surface area contributed by atoms with E-state index in [0.29, 0.717) is 25.6 Å². The molecule has 0 radical (unpaired) electrons. The number of aliphatic hydroxyl groups excluding tert-OH is 1. The molecule has 0 amide bonds. The van der Waals surface area contributed by atoms with Gasteiger partial charge in [0.25, 0.3) is 0 Å². The van der Waals surface area contributed by atoms with Gasteiger partial charge in [-0.25, -0.2) is 0 Å². The van der Waals surface area contributed by atoms with Gasteiger partial charge in [0.1, 0.15) is 0 Å². The van der Waals surface area contributed by atoms with Crippen LogP contribution in [0.1, 0.15) is 44.4 Å². The van der Waals surface area contributed by atoms with Gasteiger partial charge in [-0.15, -0.1) is 0 Å². The second-order valence-corrected chi connectivity index (χ2v) is 4.84. The Morgan fingerprint density at radius 3 is 2.71 bits per heavy atom. The van der Waals surface area contributed by atoms with Crippen molar-refractivity contribution in [3.63, 3.8) is 0 Å². The summed E-state index contributed by atoms with van der Waals surface area (Å²) in [7, 11) is 0. The van der Waals surface area contributed by atoms with Crippen LogP contribution in [0.4, 0.5) is 0 Å². The Balaban J connectivity index is 2.57. The first-order valence-corrected chi connectivity index (χ1v) is 6.48. The van der Waals surface area contributed by atoms with E-state index in [1.54, 1.807) is 0 Å². The Morgan fingerprint density at radius 2 is 2.06 bits per heavy atom. The molecule has 0 aliphatic heterocycles. The molecule has 0 fully saturated rings. The first kappa shape index (κ1) is 14.2. The van der Waals surface area contributed by atoms with E-state index in [1.165, 1.54) is 5.56 Å². The number of rotatable bonds is 7. The van der Waals surface area contributed by atoms with Crippen LogP contribution < -0.4 is 0 Å². The summed E-state index contributed by atoms with van der Waals surface area (Å²) in [6.45, 7) is 7.71. The van der Waals surface area contributed by atoms with Gasteiger partial charge in [0.15, 0.2) is 0 Å². The SMILES string of the molecule is CCOCCC(O)c1cccc(CC(C)C)c1. The van der Waals surface area contributed by atoms with Gasteiger partial charge in [-0.2, -0.15) is 0 Å². The van der Waals surface area contributed by atoms with Gasteiger partial charge in [0.2, 0.25) is 0 Å². The van der Waals surface area contributed by atoms with Gasteiger partial charge >= 0.3 is 0 Å². The van der Waals surface area contributed by atoms with Crippen molar-refractivity contribution in [3.05, 3.63) is 35.4 Å². The summed E-state index contributed by atoms with van der Waals surface area (Å²) in [6.07, 6.45) is 1.32. The minimum absolute atomic E-state index is 0.409. The van der Waals surface area contributed by atoms with Crippen LogP contribution in [-0.2, 0) is 11.2 Å². The van der Waals surface area contributed by atoms with E-state index in [9.17, 15) is 5.11 Å². The molecule has 2 heteroatoms. The summed E-state index contributed by atoms with van der Waals surface area (Å²) in [6, 6.07) is 8.24. The molecule has 17 heavy (non-hydrogen) atoms. The lowest BCUT2D eigenvalue weighted by Crippen LogP contribution is -2.04. The van der Waals surface area contributed by atoms with Crippen molar-refractivity contribution in [2.24, 2.45) is 5.92 Å². The van der Waals surface area contributed by atoms with Gasteiger partial charge < -0.3 is 9.84 Å². The van der Waals surface area contributed by atoms with E-state index in [2.05, 4.69) is 26.0 Å². The summed E-state index contributed by atoms with van der Waals surface area (Å²) in [5.41, 5.74) is 2.30. The molecular formula is C15H24O2. The van der Waals surface area contributed by atoms with Gasteiger partial charge in [-0.1, -0.05) is 38.1 Å². The summed E-state index contributed by atoms with van der Waals surface area (Å²) in [5.74, 6) is 0.644. The molecule has 1 aromatic carbocycles. The minimum Gasteiger partial charge on any atom is -0.388 e. The van der Waals surface area contributed by atoms with Crippen molar-refractivity contribution in [3.8, 4) is 0 Å². The quantitative estimate of drug-likeness (QED) is 0.736. The van der Waals surface area contributed by atoms with Crippen molar-refractivity contribution in [2.45, 2.75) is 39.7 Å². The number of aliphatic hydroxyl groups is 1. The molecule has 0 bridgehead atoms. The van der Waals surface area contributed by atoms with Crippen molar-refractivity contribution in [2.75, 3.05) is 13.2 Å². The smallest absolute Gasteiger partial charge is 0.0812 e. The zero-order valence-electron chi connectivity index (χ0n) is 11.1. The summed E-state index contributed by atoms with van der Waals surface area (Å²) in [5, 5.41) is 10.0. The predicted molar refractivity (Wildman–Crippen MR) is 71.1 cm³/mol. The highest BCUT2D eigenvalue weighted by molar-refractivity contribution is 5.25. The molecule has 0 aromatic heterocycles. The molecule has 1 N–H and O–H groups in total. The third kappa shape index (κ3) is 5.33. The zero-order chi connectivity index (χ0) is 12.7. The third-order valence-corrected chi connectivity index (χ3v) is 2.72. The standard InChI is InChI=1S/C15H24O2/c1-4-17-9-8-15(16)14-7-5-6-13(11-14)10-12(2)3/h5-7,11-12,15-16H,4,8-10H2,1-3H3. The second-order valence-electron chi connectivity index (χ2n) is 4.84. The minimum atomic E-state index is -0.409. The van der Waals surface area contributed by atoms with Crippen LogP contribution >= 0.6 is 0 Å². The number of benzene rings is 1. The average Bonchev–Trinajstić information content (AvgIpc) is 2.28. The van der Waals surface area contributed by atoms with Crippen molar-refractivity contribution < 1.29 is 9.84 Å². The van der Waals surface area contributed by atoms with Crippen molar-refractivity contribution in [1.82, 2.24) is 0 Å². The van der Waals surface area contributed by atoms with Gasteiger partial charge in [-0.3, -0.25) is 0 Å². The van der Waals surface area contributed by atoms with Crippen molar-refractivity contribution in [1.29, 1.82) is 0 Å². The van der Waals surface area contributed by atoms with E-state index in [-0.39, 0.29) is 0 Å². The van der Waals surface area contributed by atoms with Crippen LogP contribution in [0, 0.1) is 5.92 Å². The maximum atomic E-state index is 10.0. The first-order chi connectivity index (χ1) is 8.13. The van der Waals surface area contributed by atoms with Crippen LogP contribution in [0.25, 0.3) is 0 Å². The van der Waals surface area contributed by atoms with Crippen LogP contribution in [0.2, 0.25) is 0 Å². The Labute approximate surface area is 105 Å². The molecular weight excluding hydrogens is 212 g/mol. The summed E-state index contributed by atoms with van der Waals surface area (Å²) < 4.78 is 5.26. The van der Waals surface area contributed by atoms with E-state index in [4.69, 9.17) is 4.74 Å². The molecule has 0 aliphatic rings. The van der Waals surface area contributed by atoms with E-state index in [1.807, 2.05) is 19.1 Å². The summed E-state index contributed by atoms with van der Waals surface area (Å²) >= 11 is 0. The number of ether oxygens (including phenoxy) is 1. The van der Waals surface area contributed by atoms with Crippen LogP contribution in [-0.4, -0.2) is 18.3 Å². The van der Waals surface area contributed by atoms with Gasteiger partial charge in [0, 0.05) is 19.6 Å². The monoisotopic (exact) mass is 236 g/mol. The topological polar surface area (TPSA) is 29.5 Å². The summed E-state index contributed by atoms with van der Waals surface area (Å²) in [4.78, 5) is 0. The van der Waals surface area contributed by atoms with E-state index < -0.39 is 6.10 Å². The Hall–Kier alpha value is -0.860. The normalized spacial score (nSPS) is 13.0. The van der Waals surface area contributed by atoms with Crippen LogP contribution in [0.3, 0.4) is 0 Å². The molecule has 0 saturated heterocycles.